The average molecular weight is 451 g/mol. The van der Waals surface area contributed by atoms with E-state index in [9.17, 15) is 8.42 Å². The molecule has 0 aromatic heterocycles. The number of para-hydroxylation sites is 2. The number of hydrogen-bond donors (Lipinski definition) is 0. The number of hydrogen-bond acceptors (Lipinski definition) is 4. The molecule has 3 aromatic carbocycles. The van der Waals surface area contributed by atoms with Crippen molar-refractivity contribution in [1.82, 2.24) is 4.31 Å². The normalized spacial score (nSPS) is 19.0. The molecule has 0 bridgehead atoms. The molecule has 0 aliphatic carbocycles. The summed E-state index contributed by atoms with van der Waals surface area (Å²) in [4.78, 5) is 3.96. The summed E-state index contributed by atoms with van der Waals surface area (Å²) in [5, 5.41) is 0. The number of benzene rings is 3. The van der Waals surface area contributed by atoms with Gasteiger partial charge in [-0.15, -0.1) is 11.8 Å². The fourth-order valence-electron chi connectivity index (χ4n) is 4.54. The molecule has 1 atom stereocenters. The average Bonchev–Trinajstić information content (AvgIpc) is 3.20. The lowest BCUT2D eigenvalue weighted by molar-refractivity contribution is 0.391. The SMILES string of the molecule is Cc1ccc(S(=O)(=O)N2CCC[C@H]2CN2c3ccccc3CSc3ccccc32)cc1. The Labute approximate surface area is 188 Å². The Morgan fingerprint density at radius 1 is 0.935 bits per heavy atom. The summed E-state index contributed by atoms with van der Waals surface area (Å²) in [7, 11) is -3.52. The first-order chi connectivity index (χ1) is 15.0. The van der Waals surface area contributed by atoms with Gasteiger partial charge in [-0.1, -0.05) is 48.0 Å². The first kappa shape index (κ1) is 20.6. The van der Waals surface area contributed by atoms with Crippen molar-refractivity contribution < 1.29 is 8.42 Å². The van der Waals surface area contributed by atoms with Crippen molar-refractivity contribution in [1.29, 1.82) is 0 Å². The molecular formula is C25H26N2O2S2. The van der Waals surface area contributed by atoms with E-state index in [1.807, 2.05) is 30.8 Å². The van der Waals surface area contributed by atoms with Gasteiger partial charge in [0.05, 0.1) is 10.6 Å². The van der Waals surface area contributed by atoms with Gasteiger partial charge in [0.1, 0.15) is 0 Å². The Hall–Kier alpha value is -2.28. The van der Waals surface area contributed by atoms with E-state index in [0.717, 1.165) is 29.8 Å². The summed E-state index contributed by atoms with van der Waals surface area (Å²) in [6.07, 6.45) is 1.76. The third-order valence-electron chi connectivity index (χ3n) is 6.17. The van der Waals surface area contributed by atoms with Crippen LogP contribution in [0.15, 0.2) is 82.6 Å². The lowest BCUT2D eigenvalue weighted by Crippen LogP contribution is -2.42. The monoisotopic (exact) mass is 450 g/mol. The Balaban J connectivity index is 1.51. The molecule has 0 unspecified atom stereocenters. The maximum Gasteiger partial charge on any atom is 0.243 e. The van der Waals surface area contributed by atoms with Crippen molar-refractivity contribution in [3.8, 4) is 0 Å². The zero-order valence-electron chi connectivity index (χ0n) is 17.6. The van der Waals surface area contributed by atoms with E-state index >= 15 is 0 Å². The highest BCUT2D eigenvalue weighted by Crippen LogP contribution is 2.43. The third kappa shape index (κ3) is 3.88. The van der Waals surface area contributed by atoms with Crippen LogP contribution in [0.1, 0.15) is 24.0 Å². The number of nitrogens with zero attached hydrogens (tertiary/aromatic N) is 2. The van der Waals surface area contributed by atoms with E-state index in [-0.39, 0.29) is 6.04 Å². The molecule has 3 aromatic rings. The Bertz CT molecular complexity index is 1140. The lowest BCUT2D eigenvalue weighted by atomic mass is 10.1. The third-order valence-corrected chi connectivity index (χ3v) is 9.24. The van der Waals surface area contributed by atoms with Crippen LogP contribution in [-0.4, -0.2) is 31.9 Å². The summed E-state index contributed by atoms with van der Waals surface area (Å²) in [5.74, 6) is 0.916. The lowest BCUT2D eigenvalue weighted by Gasteiger charge is -2.32. The molecule has 0 spiro atoms. The molecular weight excluding hydrogens is 424 g/mol. The smallest absolute Gasteiger partial charge is 0.243 e. The van der Waals surface area contributed by atoms with Gasteiger partial charge < -0.3 is 4.90 Å². The minimum absolute atomic E-state index is 0.0597. The molecule has 31 heavy (non-hydrogen) atoms. The van der Waals surface area contributed by atoms with Gasteiger partial charge in [-0.2, -0.15) is 4.31 Å². The Morgan fingerprint density at radius 3 is 2.45 bits per heavy atom. The number of thioether (sulfide) groups is 1. The van der Waals surface area contributed by atoms with Gasteiger partial charge in [-0.05, 0) is 55.7 Å². The molecule has 160 valence electrons. The molecule has 0 saturated carbocycles. The maximum absolute atomic E-state index is 13.5. The van der Waals surface area contributed by atoms with Crippen molar-refractivity contribution in [2.45, 2.75) is 41.4 Å². The van der Waals surface area contributed by atoms with Crippen LogP contribution in [0, 0.1) is 6.92 Å². The predicted octanol–water partition coefficient (Wildman–Crippen LogP) is 5.59. The highest BCUT2D eigenvalue weighted by atomic mass is 32.2. The minimum Gasteiger partial charge on any atom is -0.339 e. The predicted molar refractivity (Wildman–Crippen MR) is 128 cm³/mol. The quantitative estimate of drug-likeness (QED) is 0.519. The molecule has 6 heteroatoms. The topological polar surface area (TPSA) is 40.6 Å². The second-order valence-corrected chi connectivity index (χ2v) is 11.1. The number of aryl methyl sites for hydroxylation is 1. The van der Waals surface area contributed by atoms with Gasteiger partial charge in [0.2, 0.25) is 10.0 Å². The van der Waals surface area contributed by atoms with Gasteiger partial charge in [-0.3, -0.25) is 0 Å². The van der Waals surface area contributed by atoms with E-state index in [0.29, 0.717) is 18.0 Å². The fraction of sp³-hybridized carbons (Fsp3) is 0.280. The van der Waals surface area contributed by atoms with Crippen molar-refractivity contribution in [3.05, 3.63) is 83.9 Å². The summed E-state index contributed by atoms with van der Waals surface area (Å²) in [6.45, 7) is 3.20. The van der Waals surface area contributed by atoms with Gasteiger partial charge in [-0.25, -0.2) is 8.42 Å². The molecule has 2 aliphatic rings. The first-order valence-electron chi connectivity index (χ1n) is 10.7. The molecule has 5 rings (SSSR count). The van der Waals surface area contributed by atoms with Crippen molar-refractivity contribution in [2.24, 2.45) is 0 Å². The van der Waals surface area contributed by atoms with Crippen LogP contribution in [0.5, 0.6) is 0 Å². The van der Waals surface area contributed by atoms with Gasteiger partial charge in [0, 0.05) is 35.5 Å². The number of sulfonamides is 1. The molecule has 2 heterocycles. The summed E-state index contributed by atoms with van der Waals surface area (Å²) in [5.41, 5.74) is 4.69. The molecule has 1 saturated heterocycles. The van der Waals surface area contributed by atoms with E-state index in [1.54, 1.807) is 16.4 Å². The van der Waals surface area contributed by atoms with Crippen LogP contribution in [-0.2, 0) is 15.8 Å². The molecule has 0 radical (unpaired) electrons. The van der Waals surface area contributed by atoms with Crippen LogP contribution in [0.3, 0.4) is 0 Å². The Morgan fingerprint density at radius 2 is 1.65 bits per heavy atom. The second kappa shape index (κ2) is 8.34. The highest BCUT2D eigenvalue weighted by molar-refractivity contribution is 7.98. The van der Waals surface area contributed by atoms with Gasteiger partial charge in [0.25, 0.3) is 0 Å². The summed E-state index contributed by atoms with van der Waals surface area (Å²) in [6, 6.07) is 24.1. The number of anilines is 2. The standard InChI is InChI=1S/C25H26N2O2S2/c1-19-12-14-22(15-13-19)31(28,29)27-16-6-8-21(27)17-26-23-9-3-2-7-20(23)18-30-25-11-5-4-10-24(25)26/h2-5,7,9-15,21H,6,8,16-18H2,1H3/t21-/m0/s1. The van der Waals surface area contributed by atoms with Crippen molar-refractivity contribution in [2.75, 3.05) is 18.0 Å². The van der Waals surface area contributed by atoms with Crippen LogP contribution in [0.2, 0.25) is 0 Å². The fourth-order valence-corrected chi connectivity index (χ4v) is 7.29. The number of rotatable bonds is 4. The van der Waals surface area contributed by atoms with E-state index in [4.69, 9.17) is 0 Å². The van der Waals surface area contributed by atoms with E-state index in [2.05, 4.69) is 53.4 Å². The second-order valence-electron chi connectivity index (χ2n) is 8.22. The first-order valence-corrected chi connectivity index (χ1v) is 13.1. The minimum atomic E-state index is -3.52. The van der Waals surface area contributed by atoms with E-state index in [1.165, 1.54) is 16.1 Å². The Kier molecular flexibility index (Phi) is 5.54. The zero-order valence-corrected chi connectivity index (χ0v) is 19.2. The number of fused-ring (bicyclic) bond motifs is 2. The summed E-state index contributed by atoms with van der Waals surface area (Å²) < 4.78 is 28.6. The van der Waals surface area contributed by atoms with Crippen LogP contribution in [0.4, 0.5) is 11.4 Å². The van der Waals surface area contributed by atoms with Crippen LogP contribution < -0.4 is 4.90 Å². The zero-order chi connectivity index (χ0) is 21.4. The highest BCUT2D eigenvalue weighted by Gasteiger charge is 2.37. The molecule has 0 N–H and O–H groups in total. The van der Waals surface area contributed by atoms with Gasteiger partial charge in [0.15, 0.2) is 0 Å². The van der Waals surface area contributed by atoms with E-state index < -0.39 is 10.0 Å². The molecule has 1 fully saturated rings. The largest absolute Gasteiger partial charge is 0.339 e. The van der Waals surface area contributed by atoms with Crippen LogP contribution in [0.25, 0.3) is 0 Å². The van der Waals surface area contributed by atoms with Crippen molar-refractivity contribution >= 4 is 33.2 Å². The molecule has 4 nitrogen and oxygen atoms in total. The van der Waals surface area contributed by atoms with Crippen LogP contribution >= 0.6 is 11.8 Å². The van der Waals surface area contributed by atoms with Gasteiger partial charge >= 0.3 is 0 Å². The molecule has 0 amide bonds. The molecule has 2 aliphatic heterocycles. The van der Waals surface area contributed by atoms with Crippen molar-refractivity contribution in [3.63, 3.8) is 0 Å². The maximum atomic E-state index is 13.5. The summed E-state index contributed by atoms with van der Waals surface area (Å²) >= 11 is 1.84.